The highest BCUT2D eigenvalue weighted by Gasteiger charge is 2.32. The van der Waals surface area contributed by atoms with Crippen LogP contribution in [0.4, 0.5) is 0 Å². The van der Waals surface area contributed by atoms with Gasteiger partial charge in [-0.1, -0.05) is 12.8 Å². The number of esters is 1. The lowest BCUT2D eigenvalue weighted by molar-refractivity contribution is -0.150. The van der Waals surface area contributed by atoms with Crippen LogP contribution in [-0.2, 0) is 19.1 Å². The fraction of sp³-hybridized carbons (Fsp3) is 0.846. The van der Waals surface area contributed by atoms with Gasteiger partial charge in [-0.3, -0.25) is 4.79 Å². The lowest BCUT2D eigenvalue weighted by Gasteiger charge is -2.22. The molecule has 5 nitrogen and oxygen atoms in total. The van der Waals surface area contributed by atoms with Gasteiger partial charge in [-0.25, -0.2) is 4.79 Å². The highest BCUT2D eigenvalue weighted by molar-refractivity contribution is 5.83. The van der Waals surface area contributed by atoms with Crippen LogP contribution in [0.1, 0.15) is 39.5 Å². The minimum absolute atomic E-state index is 0.186. The van der Waals surface area contributed by atoms with Gasteiger partial charge in [-0.15, -0.1) is 0 Å². The molecule has 0 aliphatic heterocycles. The second kappa shape index (κ2) is 8.08. The van der Waals surface area contributed by atoms with Crippen LogP contribution in [0.3, 0.4) is 0 Å². The summed E-state index contributed by atoms with van der Waals surface area (Å²) in [5.74, 6) is -0.307. The molecule has 0 saturated heterocycles. The predicted octanol–water partition coefficient (Wildman–Crippen LogP) is 1.26. The molecule has 1 rings (SSSR count). The maximum absolute atomic E-state index is 11.9. The van der Waals surface area contributed by atoms with E-state index in [1.165, 1.54) is 6.92 Å². The van der Waals surface area contributed by atoms with Crippen molar-refractivity contribution in [3.63, 3.8) is 0 Å². The molecular formula is C13H23NO4. The van der Waals surface area contributed by atoms with E-state index in [9.17, 15) is 9.59 Å². The maximum atomic E-state index is 11.9. The van der Waals surface area contributed by atoms with Gasteiger partial charge in [0.25, 0.3) is 0 Å². The van der Waals surface area contributed by atoms with E-state index in [2.05, 4.69) is 5.32 Å². The topological polar surface area (TPSA) is 64.6 Å². The lowest BCUT2D eigenvalue weighted by atomic mass is 9.98. The molecule has 0 spiro atoms. The number of carbonyl (C=O) groups is 2. The number of carbonyl (C=O) groups excluding carboxylic acids is 2. The predicted molar refractivity (Wildman–Crippen MR) is 67.0 cm³/mol. The number of rotatable bonds is 7. The van der Waals surface area contributed by atoms with Crippen LogP contribution in [0.15, 0.2) is 0 Å². The molecule has 0 aromatic heterocycles. The maximum Gasteiger partial charge on any atom is 0.329 e. The lowest BCUT2D eigenvalue weighted by Crippen LogP contribution is -2.45. The summed E-state index contributed by atoms with van der Waals surface area (Å²) < 4.78 is 10.2. The van der Waals surface area contributed by atoms with Crippen LogP contribution in [-0.4, -0.2) is 37.7 Å². The minimum Gasteiger partial charge on any atom is -0.462 e. The van der Waals surface area contributed by atoms with E-state index in [1.54, 1.807) is 0 Å². The van der Waals surface area contributed by atoms with E-state index < -0.39 is 6.04 Å². The Kier molecular flexibility index (Phi) is 6.72. The Labute approximate surface area is 108 Å². The first-order chi connectivity index (χ1) is 8.65. The fourth-order valence-electron chi connectivity index (χ4n) is 2.31. The van der Waals surface area contributed by atoms with Crippen LogP contribution in [0, 0.1) is 5.92 Å². The molecule has 1 unspecified atom stereocenters. The van der Waals surface area contributed by atoms with Crippen LogP contribution in [0.25, 0.3) is 0 Å². The van der Waals surface area contributed by atoms with Gasteiger partial charge in [-0.2, -0.15) is 0 Å². The molecule has 1 N–H and O–H groups in total. The van der Waals surface area contributed by atoms with Crippen LogP contribution in [0.2, 0.25) is 0 Å². The molecule has 104 valence electrons. The molecule has 1 amide bonds. The highest BCUT2D eigenvalue weighted by atomic mass is 16.6. The van der Waals surface area contributed by atoms with Gasteiger partial charge in [0.1, 0.15) is 12.6 Å². The van der Waals surface area contributed by atoms with Gasteiger partial charge in [0.2, 0.25) is 5.91 Å². The summed E-state index contributed by atoms with van der Waals surface area (Å²) >= 11 is 0. The van der Waals surface area contributed by atoms with E-state index in [0.29, 0.717) is 13.2 Å². The van der Waals surface area contributed by atoms with E-state index in [4.69, 9.17) is 9.47 Å². The van der Waals surface area contributed by atoms with Crippen molar-refractivity contribution in [2.24, 2.45) is 5.92 Å². The third-order valence-electron chi connectivity index (χ3n) is 3.16. The number of nitrogens with one attached hydrogen (secondary N) is 1. The molecule has 0 bridgehead atoms. The quantitative estimate of drug-likeness (QED) is 0.551. The molecule has 18 heavy (non-hydrogen) atoms. The standard InChI is InChI=1S/C13H23NO4/c1-3-17-8-9-18-13(16)12(14-10(2)15)11-6-4-5-7-11/h11-12H,3-9H2,1-2H3,(H,14,15). The van der Waals surface area contributed by atoms with Crippen LogP contribution < -0.4 is 5.32 Å². The number of hydrogen-bond acceptors (Lipinski definition) is 4. The monoisotopic (exact) mass is 257 g/mol. The van der Waals surface area contributed by atoms with Crippen LogP contribution >= 0.6 is 0 Å². The Morgan fingerprint density at radius 2 is 1.94 bits per heavy atom. The Balaban J connectivity index is 2.42. The first kappa shape index (κ1) is 15.0. The van der Waals surface area contributed by atoms with E-state index in [0.717, 1.165) is 25.7 Å². The van der Waals surface area contributed by atoms with E-state index >= 15 is 0 Å². The average molecular weight is 257 g/mol. The number of amides is 1. The van der Waals surface area contributed by atoms with Gasteiger partial charge in [0.15, 0.2) is 0 Å². The third kappa shape index (κ3) is 5.04. The zero-order valence-corrected chi connectivity index (χ0v) is 11.2. The molecule has 1 fully saturated rings. The average Bonchev–Trinajstić information content (AvgIpc) is 2.84. The Morgan fingerprint density at radius 3 is 2.50 bits per heavy atom. The van der Waals surface area contributed by atoms with Crippen LogP contribution in [0.5, 0.6) is 0 Å². The largest absolute Gasteiger partial charge is 0.462 e. The third-order valence-corrected chi connectivity index (χ3v) is 3.16. The summed E-state index contributed by atoms with van der Waals surface area (Å²) in [6.45, 7) is 4.57. The second-order valence-corrected chi connectivity index (χ2v) is 4.59. The smallest absolute Gasteiger partial charge is 0.329 e. The van der Waals surface area contributed by atoms with Gasteiger partial charge in [-0.05, 0) is 25.7 Å². The molecular weight excluding hydrogens is 234 g/mol. The summed E-state index contributed by atoms with van der Waals surface area (Å²) in [5, 5.41) is 2.71. The Hall–Kier alpha value is -1.10. The molecule has 0 aromatic rings. The zero-order chi connectivity index (χ0) is 13.4. The number of ether oxygens (including phenoxy) is 2. The molecule has 0 radical (unpaired) electrons. The first-order valence-electron chi connectivity index (χ1n) is 6.66. The minimum atomic E-state index is -0.494. The van der Waals surface area contributed by atoms with Crippen molar-refractivity contribution in [1.82, 2.24) is 5.32 Å². The Morgan fingerprint density at radius 1 is 1.28 bits per heavy atom. The summed E-state index contributed by atoms with van der Waals surface area (Å²) in [4.78, 5) is 23.1. The van der Waals surface area contributed by atoms with Gasteiger partial charge >= 0.3 is 5.97 Å². The normalized spacial score (nSPS) is 17.4. The van der Waals surface area contributed by atoms with Crippen molar-refractivity contribution >= 4 is 11.9 Å². The molecule has 1 saturated carbocycles. The SMILES string of the molecule is CCOCCOC(=O)C(NC(C)=O)C1CCCC1. The summed E-state index contributed by atoms with van der Waals surface area (Å²) in [6.07, 6.45) is 4.19. The van der Waals surface area contributed by atoms with E-state index in [-0.39, 0.29) is 24.4 Å². The van der Waals surface area contributed by atoms with Crippen molar-refractivity contribution in [1.29, 1.82) is 0 Å². The molecule has 1 aliphatic carbocycles. The van der Waals surface area contributed by atoms with E-state index in [1.807, 2.05) is 6.92 Å². The second-order valence-electron chi connectivity index (χ2n) is 4.59. The molecule has 0 aromatic carbocycles. The molecule has 5 heteroatoms. The fourth-order valence-corrected chi connectivity index (χ4v) is 2.31. The highest BCUT2D eigenvalue weighted by Crippen LogP contribution is 2.28. The van der Waals surface area contributed by atoms with Gasteiger partial charge < -0.3 is 14.8 Å². The molecule has 1 atom stereocenters. The number of hydrogen-bond donors (Lipinski definition) is 1. The van der Waals surface area contributed by atoms with Gasteiger partial charge in [0, 0.05) is 13.5 Å². The summed E-state index contributed by atoms with van der Waals surface area (Å²) in [6, 6.07) is -0.494. The van der Waals surface area contributed by atoms with Crippen molar-refractivity contribution in [3.05, 3.63) is 0 Å². The van der Waals surface area contributed by atoms with Gasteiger partial charge in [0.05, 0.1) is 6.61 Å². The van der Waals surface area contributed by atoms with Crippen molar-refractivity contribution in [2.75, 3.05) is 19.8 Å². The Bertz CT molecular complexity index is 274. The van der Waals surface area contributed by atoms with Crippen molar-refractivity contribution in [2.45, 2.75) is 45.6 Å². The van der Waals surface area contributed by atoms with Crippen molar-refractivity contribution < 1.29 is 19.1 Å². The zero-order valence-electron chi connectivity index (χ0n) is 11.2. The summed E-state index contributed by atoms with van der Waals surface area (Å²) in [7, 11) is 0. The molecule has 1 aliphatic rings. The first-order valence-corrected chi connectivity index (χ1v) is 6.66. The van der Waals surface area contributed by atoms with Crippen molar-refractivity contribution in [3.8, 4) is 0 Å². The molecule has 0 heterocycles. The summed E-state index contributed by atoms with van der Waals surface area (Å²) in [5.41, 5.74) is 0.